The van der Waals surface area contributed by atoms with Crippen LogP contribution < -0.4 is 0 Å². The van der Waals surface area contributed by atoms with E-state index in [9.17, 15) is 19.4 Å². The van der Waals surface area contributed by atoms with Crippen LogP contribution in [-0.4, -0.2) is 74.1 Å². The van der Waals surface area contributed by atoms with Gasteiger partial charge in [0.1, 0.15) is 25.9 Å². The normalized spacial score (nSPS) is 20.2. The van der Waals surface area contributed by atoms with Crippen LogP contribution in [0.3, 0.4) is 0 Å². The summed E-state index contributed by atoms with van der Waals surface area (Å²) in [5, 5.41) is 9.85. The molecule has 2 N–H and O–H groups in total. The van der Waals surface area contributed by atoms with Crippen molar-refractivity contribution in [3.8, 4) is 0 Å². The maximum atomic E-state index is 11.8. The third-order valence-electron chi connectivity index (χ3n) is 6.84. The molecule has 0 spiro atoms. The fourth-order valence-electron chi connectivity index (χ4n) is 4.37. The second-order valence-electron chi connectivity index (χ2n) is 11.6. The first-order chi connectivity index (χ1) is 17.0. The first-order valence-electron chi connectivity index (χ1n) is 14.3. The molecule has 0 aromatic heterocycles. The van der Waals surface area contributed by atoms with Gasteiger partial charge in [-0.15, -0.1) is 0 Å². The summed E-state index contributed by atoms with van der Waals surface area (Å²) in [5.74, 6) is 1.68. The molecule has 0 heterocycles. The number of quaternary nitrogens is 1. The van der Waals surface area contributed by atoms with Gasteiger partial charge in [0.2, 0.25) is 0 Å². The predicted octanol–water partition coefficient (Wildman–Crippen LogP) is 5.85. The Morgan fingerprint density at radius 3 is 2.03 bits per heavy atom. The minimum atomic E-state index is -4.24. The zero-order valence-corrected chi connectivity index (χ0v) is 24.4. The van der Waals surface area contributed by atoms with Crippen molar-refractivity contribution in [2.24, 2.45) is 11.8 Å². The highest BCUT2D eigenvalue weighted by Gasteiger charge is 2.35. The Bertz CT molecular complexity index is 626. The lowest BCUT2D eigenvalue weighted by atomic mass is 10.0. The molecule has 8 nitrogen and oxygen atoms in total. The number of unbranched alkanes of at least 4 members (excludes halogenated alkanes) is 9. The maximum Gasteiger partial charge on any atom is 0.472 e. The van der Waals surface area contributed by atoms with Crippen LogP contribution in [0.25, 0.3) is 0 Å². The number of aliphatic hydroxyl groups excluding tert-OH is 1. The van der Waals surface area contributed by atoms with Crippen molar-refractivity contribution in [2.45, 2.75) is 109 Å². The Morgan fingerprint density at radius 1 is 0.889 bits per heavy atom. The number of hydrogen-bond donors (Lipinski definition) is 2. The summed E-state index contributed by atoms with van der Waals surface area (Å²) in [5.41, 5.74) is 0. The van der Waals surface area contributed by atoms with E-state index in [1.165, 1.54) is 70.6 Å². The van der Waals surface area contributed by atoms with Crippen LogP contribution >= 0.6 is 7.82 Å². The molecule has 0 aromatic carbocycles. The number of ether oxygens (including phenoxy) is 1. The molecule has 1 rings (SSSR count). The molecule has 0 aliphatic heterocycles. The first-order valence-corrected chi connectivity index (χ1v) is 15.8. The summed E-state index contributed by atoms with van der Waals surface area (Å²) < 4.78 is 27.1. The molecule has 1 saturated carbocycles. The van der Waals surface area contributed by atoms with Gasteiger partial charge in [-0.1, -0.05) is 84.0 Å². The summed E-state index contributed by atoms with van der Waals surface area (Å²) in [7, 11) is 1.57. The number of hydrogen-bond acceptors (Lipinski definition) is 6. The molecular weight excluding hydrogens is 481 g/mol. The van der Waals surface area contributed by atoms with Crippen LogP contribution in [0.15, 0.2) is 0 Å². The number of carbonyl (C=O) groups is 1. The Balaban J connectivity index is 1.90. The highest BCUT2D eigenvalue weighted by atomic mass is 31.2. The predicted molar refractivity (Wildman–Crippen MR) is 144 cm³/mol. The van der Waals surface area contributed by atoms with Crippen molar-refractivity contribution in [1.29, 1.82) is 0 Å². The van der Waals surface area contributed by atoms with Crippen LogP contribution in [0.4, 0.5) is 0 Å². The third-order valence-corrected chi connectivity index (χ3v) is 7.82. The Kier molecular flexibility index (Phi) is 17.4. The van der Waals surface area contributed by atoms with Gasteiger partial charge in [0, 0.05) is 6.42 Å². The largest absolute Gasteiger partial charge is 0.472 e. The molecule has 1 fully saturated rings. The van der Waals surface area contributed by atoms with Crippen LogP contribution in [0.2, 0.25) is 0 Å². The number of rotatable bonds is 24. The lowest BCUT2D eigenvalue weighted by Crippen LogP contribution is -2.37. The molecule has 36 heavy (non-hydrogen) atoms. The fraction of sp³-hybridized carbons (Fsp3) is 0.963. The van der Waals surface area contributed by atoms with Crippen LogP contribution in [0, 0.1) is 11.8 Å². The number of esters is 1. The zero-order chi connectivity index (χ0) is 26.9. The van der Waals surface area contributed by atoms with Gasteiger partial charge in [0.25, 0.3) is 0 Å². The molecule has 4 unspecified atom stereocenters. The highest BCUT2D eigenvalue weighted by molar-refractivity contribution is 7.47. The first kappa shape index (κ1) is 33.5. The Hall–Kier alpha value is -0.500. The van der Waals surface area contributed by atoms with Gasteiger partial charge >= 0.3 is 13.8 Å². The lowest BCUT2D eigenvalue weighted by molar-refractivity contribution is -0.870. The van der Waals surface area contributed by atoms with E-state index in [0.717, 1.165) is 31.1 Å². The van der Waals surface area contributed by atoms with Crippen LogP contribution in [-0.2, 0) is 23.1 Å². The SMILES string of the molecule is CCCCCCC1CC1CCCCCCCCCC(=O)OCC(O)COP(=O)(O)OCC[N+](C)(C)C. The number of aliphatic hydroxyl groups is 1. The van der Waals surface area contributed by atoms with Gasteiger partial charge in [0.05, 0.1) is 27.7 Å². The van der Waals surface area contributed by atoms with Crippen molar-refractivity contribution in [3.05, 3.63) is 0 Å². The van der Waals surface area contributed by atoms with E-state index >= 15 is 0 Å². The molecule has 0 aromatic rings. The number of likely N-dealkylation sites (N-methyl/N-ethyl adjacent to an activating group) is 1. The quantitative estimate of drug-likeness (QED) is 0.0691. The summed E-state index contributed by atoms with van der Waals surface area (Å²) >= 11 is 0. The molecule has 1 aliphatic rings. The van der Waals surface area contributed by atoms with Crippen molar-refractivity contribution < 1.29 is 37.6 Å². The number of phosphoric ester groups is 1. The second kappa shape index (κ2) is 18.7. The Morgan fingerprint density at radius 2 is 1.44 bits per heavy atom. The number of phosphoric acid groups is 1. The van der Waals surface area contributed by atoms with Gasteiger partial charge in [-0.3, -0.25) is 13.8 Å². The van der Waals surface area contributed by atoms with Crippen molar-refractivity contribution in [3.63, 3.8) is 0 Å². The van der Waals surface area contributed by atoms with E-state index in [4.69, 9.17) is 13.8 Å². The molecule has 0 saturated heterocycles. The lowest BCUT2D eigenvalue weighted by Gasteiger charge is -2.24. The topological polar surface area (TPSA) is 102 Å². The molecule has 0 radical (unpaired) electrons. The zero-order valence-electron chi connectivity index (χ0n) is 23.5. The van der Waals surface area contributed by atoms with Gasteiger partial charge in [0.15, 0.2) is 0 Å². The van der Waals surface area contributed by atoms with Gasteiger partial charge in [-0.05, 0) is 24.7 Å². The van der Waals surface area contributed by atoms with E-state index in [0.29, 0.717) is 17.4 Å². The summed E-state index contributed by atoms with van der Waals surface area (Å²) in [6.45, 7) is 2.16. The summed E-state index contributed by atoms with van der Waals surface area (Å²) in [6, 6.07) is 0. The minimum Gasteiger partial charge on any atom is -0.463 e. The van der Waals surface area contributed by atoms with E-state index in [1.54, 1.807) is 0 Å². The second-order valence-corrected chi connectivity index (χ2v) is 13.0. The Labute approximate surface area is 220 Å². The van der Waals surface area contributed by atoms with Crippen molar-refractivity contribution in [2.75, 3.05) is 47.5 Å². The fourth-order valence-corrected chi connectivity index (χ4v) is 5.11. The average Bonchev–Trinajstić information content (AvgIpc) is 3.55. The van der Waals surface area contributed by atoms with Crippen LogP contribution in [0.5, 0.6) is 0 Å². The number of carbonyl (C=O) groups excluding carboxylic acids is 1. The molecule has 1 aliphatic carbocycles. The molecule has 0 amide bonds. The monoisotopic (exact) mass is 536 g/mol. The highest BCUT2D eigenvalue weighted by Crippen LogP contribution is 2.46. The minimum absolute atomic E-state index is 0.0580. The van der Waals surface area contributed by atoms with E-state index < -0.39 is 20.5 Å². The van der Waals surface area contributed by atoms with E-state index in [-0.39, 0.29) is 19.2 Å². The van der Waals surface area contributed by atoms with E-state index in [1.807, 2.05) is 21.1 Å². The molecule has 4 atom stereocenters. The third kappa shape index (κ3) is 19.6. The van der Waals surface area contributed by atoms with Gasteiger partial charge in [-0.2, -0.15) is 0 Å². The standard InChI is InChI=1S/C27H54NO7P/c1-5-6-7-13-16-24-21-25(24)17-14-11-9-8-10-12-15-18-27(30)33-22-26(29)23-35-36(31,32)34-20-19-28(2,3)4/h24-26,29H,5-23H2,1-4H3/p+1. The smallest absolute Gasteiger partial charge is 0.463 e. The molecule has 214 valence electrons. The molecule has 0 bridgehead atoms. The average molecular weight is 537 g/mol. The van der Waals surface area contributed by atoms with Gasteiger partial charge < -0.3 is 19.2 Å². The molecular formula is C27H55NO7P+. The van der Waals surface area contributed by atoms with Gasteiger partial charge in [-0.25, -0.2) is 4.57 Å². The van der Waals surface area contributed by atoms with Crippen molar-refractivity contribution >= 4 is 13.8 Å². The summed E-state index contributed by atoms with van der Waals surface area (Å²) in [4.78, 5) is 21.5. The van der Waals surface area contributed by atoms with Crippen LogP contribution in [0.1, 0.15) is 103 Å². The number of nitrogens with zero attached hydrogens (tertiary/aromatic N) is 1. The maximum absolute atomic E-state index is 11.8. The van der Waals surface area contributed by atoms with E-state index in [2.05, 4.69) is 6.92 Å². The molecule has 9 heteroatoms. The van der Waals surface area contributed by atoms with Crippen molar-refractivity contribution in [1.82, 2.24) is 0 Å². The summed E-state index contributed by atoms with van der Waals surface area (Å²) in [6.07, 6.45) is 17.1.